The highest BCUT2D eigenvalue weighted by Gasteiger charge is 2.41. The SMILES string of the molecule is CCNC(=O)C(C)N1CC(N)(CC)C1. The van der Waals surface area contributed by atoms with Gasteiger partial charge in [0.1, 0.15) is 0 Å². The molecule has 4 nitrogen and oxygen atoms in total. The largest absolute Gasteiger partial charge is 0.355 e. The van der Waals surface area contributed by atoms with Crippen LogP contribution in [0.15, 0.2) is 0 Å². The molecule has 0 radical (unpaired) electrons. The van der Waals surface area contributed by atoms with Gasteiger partial charge in [0, 0.05) is 25.2 Å². The fraction of sp³-hybridized carbons (Fsp3) is 0.900. The fourth-order valence-corrected chi connectivity index (χ4v) is 1.75. The molecule has 1 unspecified atom stereocenters. The summed E-state index contributed by atoms with van der Waals surface area (Å²) >= 11 is 0. The fourth-order valence-electron chi connectivity index (χ4n) is 1.75. The summed E-state index contributed by atoms with van der Waals surface area (Å²) in [5.41, 5.74) is 5.98. The van der Waals surface area contributed by atoms with Crippen molar-refractivity contribution >= 4 is 5.91 Å². The van der Waals surface area contributed by atoms with Crippen LogP contribution in [0.2, 0.25) is 0 Å². The lowest BCUT2D eigenvalue weighted by Gasteiger charge is -2.49. The number of carbonyl (C=O) groups excluding carboxylic acids is 1. The van der Waals surface area contributed by atoms with Gasteiger partial charge in [0.15, 0.2) is 0 Å². The van der Waals surface area contributed by atoms with Gasteiger partial charge in [-0.3, -0.25) is 9.69 Å². The molecule has 1 heterocycles. The van der Waals surface area contributed by atoms with Crippen LogP contribution in [-0.2, 0) is 4.79 Å². The molecule has 0 aromatic carbocycles. The van der Waals surface area contributed by atoms with Crippen LogP contribution < -0.4 is 11.1 Å². The van der Waals surface area contributed by atoms with Crippen LogP contribution in [0, 0.1) is 0 Å². The van der Waals surface area contributed by atoms with E-state index in [0.29, 0.717) is 6.54 Å². The van der Waals surface area contributed by atoms with Crippen molar-refractivity contribution in [1.82, 2.24) is 10.2 Å². The van der Waals surface area contributed by atoms with Crippen molar-refractivity contribution in [3.63, 3.8) is 0 Å². The summed E-state index contributed by atoms with van der Waals surface area (Å²) in [7, 11) is 0. The van der Waals surface area contributed by atoms with Gasteiger partial charge in [0.05, 0.1) is 6.04 Å². The molecule has 14 heavy (non-hydrogen) atoms. The smallest absolute Gasteiger partial charge is 0.237 e. The second-order valence-corrected chi connectivity index (χ2v) is 4.19. The van der Waals surface area contributed by atoms with E-state index in [1.165, 1.54) is 0 Å². The summed E-state index contributed by atoms with van der Waals surface area (Å²) in [6.07, 6.45) is 0.978. The van der Waals surface area contributed by atoms with Crippen LogP contribution in [-0.4, -0.2) is 42.0 Å². The Bertz CT molecular complexity index is 211. The van der Waals surface area contributed by atoms with E-state index in [1.807, 2.05) is 13.8 Å². The van der Waals surface area contributed by atoms with E-state index in [-0.39, 0.29) is 17.5 Å². The maximum Gasteiger partial charge on any atom is 0.237 e. The maximum absolute atomic E-state index is 11.5. The van der Waals surface area contributed by atoms with Gasteiger partial charge in [0.25, 0.3) is 0 Å². The van der Waals surface area contributed by atoms with E-state index in [9.17, 15) is 4.79 Å². The number of hydrogen-bond acceptors (Lipinski definition) is 3. The molecule has 3 N–H and O–H groups in total. The molecule has 0 spiro atoms. The normalized spacial score (nSPS) is 22.6. The predicted octanol–water partition coefficient (Wildman–Crippen LogP) is -0.0659. The lowest BCUT2D eigenvalue weighted by atomic mass is 9.87. The molecule has 0 aromatic rings. The first-order valence-corrected chi connectivity index (χ1v) is 5.33. The summed E-state index contributed by atoms with van der Waals surface area (Å²) in [4.78, 5) is 13.6. The maximum atomic E-state index is 11.5. The van der Waals surface area contributed by atoms with Crippen molar-refractivity contribution in [1.29, 1.82) is 0 Å². The first-order valence-electron chi connectivity index (χ1n) is 5.33. The number of hydrogen-bond donors (Lipinski definition) is 2. The van der Waals surface area contributed by atoms with Gasteiger partial charge in [-0.25, -0.2) is 0 Å². The zero-order valence-electron chi connectivity index (χ0n) is 9.34. The van der Waals surface area contributed by atoms with E-state index < -0.39 is 0 Å². The average molecular weight is 199 g/mol. The summed E-state index contributed by atoms with van der Waals surface area (Å²) in [5, 5.41) is 2.82. The number of nitrogens with one attached hydrogen (secondary N) is 1. The molecule has 1 atom stereocenters. The van der Waals surface area contributed by atoms with Gasteiger partial charge in [-0.05, 0) is 20.3 Å². The first kappa shape index (κ1) is 11.5. The number of likely N-dealkylation sites (N-methyl/N-ethyl adjacent to an activating group) is 1. The van der Waals surface area contributed by atoms with Gasteiger partial charge >= 0.3 is 0 Å². The number of nitrogens with zero attached hydrogens (tertiary/aromatic N) is 1. The molecule has 0 saturated carbocycles. The zero-order chi connectivity index (χ0) is 10.8. The minimum atomic E-state index is -0.0548. The number of amides is 1. The molecule has 1 aliphatic rings. The van der Waals surface area contributed by atoms with E-state index in [4.69, 9.17) is 5.73 Å². The average Bonchev–Trinajstić information content (AvgIpc) is 2.12. The Morgan fingerprint density at radius 2 is 2.14 bits per heavy atom. The molecule has 0 aliphatic carbocycles. The van der Waals surface area contributed by atoms with Crippen LogP contribution >= 0.6 is 0 Å². The molecule has 0 aromatic heterocycles. The number of carbonyl (C=O) groups is 1. The van der Waals surface area contributed by atoms with E-state index in [0.717, 1.165) is 19.5 Å². The molecule has 4 heteroatoms. The van der Waals surface area contributed by atoms with E-state index in [1.54, 1.807) is 0 Å². The lowest BCUT2D eigenvalue weighted by Crippen LogP contribution is -2.70. The molecule has 1 saturated heterocycles. The third-order valence-electron chi connectivity index (χ3n) is 3.02. The predicted molar refractivity (Wildman–Crippen MR) is 56.9 cm³/mol. The Kier molecular flexibility index (Phi) is 3.50. The molecule has 1 amide bonds. The topological polar surface area (TPSA) is 58.4 Å². The second-order valence-electron chi connectivity index (χ2n) is 4.19. The van der Waals surface area contributed by atoms with Crippen molar-refractivity contribution in [3.05, 3.63) is 0 Å². The van der Waals surface area contributed by atoms with Crippen LogP contribution in [0.25, 0.3) is 0 Å². The molecule has 1 rings (SSSR count). The van der Waals surface area contributed by atoms with Crippen molar-refractivity contribution in [2.75, 3.05) is 19.6 Å². The minimum Gasteiger partial charge on any atom is -0.355 e. The Morgan fingerprint density at radius 3 is 2.57 bits per heavy atom. The van der Waals surface area contributed by atoms with Crippen molar-refractivity contribution in [3.8, 4) is 0 Å². The summed E-state index contributed by atoms with van der Waals surface area (Å²) in [6.45, 7) is 8.32. The summed E-state index contributed by atoms with van der Waals surface area (Å²) in [5.74, 6) is 0.102. The number of likely N-dealkylation sites (tertiary alicyclic amines) is 1. The Labute approximate surface area is 85.8 Å². The third-order valence-corrected chi connectivity index (χ3v) is 3.02. The lowest BCUT2D eigenvalue weighted by molar-refractivity contribution is -0.128. The summed E-state index contributed by atoms with van der Waals surface area (Å²) < 4.78 is 0. The van der Waals surface area contributed by atoms with Crippen molar-refractivity contribution in [2.24, 2.45) is 5.73 Å². The highest BCUT2D eigenvalue weighted by molar-refractivity contribution is 5.81. The van der Waals surface area contributed by atoms with Crippen LogP contribution in [0.1, 0.15) is 27.2 Å². The zero-order valence-corrected chi connectivity index (χ0v) is 9.34. The molecule has 0 bridgehead atoms. The standard InChI is InChI=1S/C10H21N3O/c1-4-10(11)6-13(7-10)8(3)9(14)12-5-2/h8H,4-7,11H2,1-3H3,(H,12,14). The molecular weight excluding hydrogens is 178 g/mol. The third kappa shape index (κ3) is 2.25. The van der Waals surface area contributed by atoms with E-state index in [2.05, 4.69) is 17.1 Å². The minimum absolute atomic E-state index is 0.0434. The first-order chi connectivity index (χ1) is 6.52. The van der Waals surface area contributed by atoms with Crippen LogP contribution in [0.3, 0.4) is 0 Å². The quantitative estimate of drug-likeness (QED) is 0.666. The highest BCUT2D eigenvalue weighted by Crippen LogP contribution is 2.23. The Hall–Kier alpha value is -0.610. The van der Waals surface area contributed by atoms with Crippen LogP contribution in [0.4, 0.5) is 0 Å². The van der Waals surface area contributed by atoms with Crippen LogP contribution in [0.5, 0.6) is 0 Å². The van der Waals surface area contributed by atoms with Gasteiger partial charge < -0.3 is 11.1 Å². The highest BCUT2D eigenvalue weighted by atomic mass is 16.2. The van der Waals surface area contributed by atoms with Gasteiger partial charge in [-0.15, -0.1) is 0 Å². The van der Waals surface area contributed by atoms with Gasteiger partial charge in [0.2, 0.25) is 5.91 Å². The number of rotatable bonds is 4. The second kappa shape index (κ2) is 4.28. The molecule has 1 fully saturated rings. The van der Waals surface area contributed by atoms with E-state index >= 15 is 0 Å². The molecule has 82 valence electrons. The van der Waals surface area contributed by atoms with Gasteiger partial charge in [-0.1, -0.05) is 6.92 Å². The summed E-state index contributed by atoms with van der Waals surface area (Å²) in [6, 6.07) is -0.0434. The molecule has 1 aliphatic heterocycles. The molecular formula is C10H21N3O. The van der Waals surface area contributed by atoms with Gasteiger partial charge in [-0.2, -0.15) is 0 Å². The Balaban J connectivity index is 2.35. The number of nitrogens with two attached hydrogens (primary N) is 1. The Morgan fingerprint density at radius 1 is 1.57 bits per heavy atom. The van der Waals surface area contributed by atoms with Crippen molar-refractivity contribution < 1.29 is 4.79 Å². The monoisotopic (exact) mass is 199 g/mol. The van der Waals surface area contributed by atoms with Crippen molar-refractivity contribution in [2.45, 2.75) is 38.8 Å².